The summed E-state index contributed by atoms with van der Waals surface area (Å²) in [6.45, 7) is 5.82. The molecule has 2 aromatic carbocycles. The first kappa shape index (κ1) is 30.3. The fourth-order valence-corrected chi connectivity index (χ4v) is 10.0. The summed E-state index contributed by atoms with van der Waals surface area (Å²) in [4.78, 5) is 14.5. The van der Waals surface area contributed by atoms with Crippen molar-refractivity contribution < 1.29 is 18.3 Å². The normalized spacial score (nSPS) is 26.1. The quantitative estimate of drug-likeness (QED) is 0.212. The predicted molar refractivity (Wildman–Crippen MR) is 184 cm³/mol. The Morgan fingerprint density at radius 2 is 2.10 bits per heavy atom. The van der Waals surface area contributed by atoms with Gasteiger partial charge in [-0.15, -0.1) is 11.3 Å². The van der Waals surface area contributed by atoms with E-state index in [1.807, 2.05) is 0 Å². The minimum atomic E-state index is -0.711. The van der Waals surface area contributed by atoms with E-state index < -0.39 is 11.6 Å². The molecule has 9 rings (SSSR count). The average Bonchev–Trinajstić information content (AvgIpc) is 3.33. The summed E-state index contributed by atoms with van der Waals surface area (Å²) in [5.41, 5.74) is 7.75. The Morgan fingerprint density at radius 3 is 2.92 bits per heavy atom. The molecule has 3 saturated heterocycles. The Bertz CT molecular complexity index is 2090. The number of ether oxygens (including phenoxy) is 2. The topological polar surface area (TPSA) is 101 Å². The largest absolute Gasteiger partial charge is 0.491 e. The highest BCUT2D eigenvalue weighted by Crippen LogP contribution is 2.52. The number of rotatable bonds is 5. The Labute approximate surface area is 286 Å². The van der Waals surface area contributed by atoms with Crippen molar-refractivity contribution in [3.63, 3.8) is 0 Å². The Morgan fingerprint density at radius 1 is 1.25 bits per heavy atom. The van der Waals surface area contributed by atoms with Crippen molar-refractivity contribution >= 4 is 54.7 Å². The molecule has 1 aliphatic carbocycles. The summed E-state index contributed by atoms with van der Waals surface area (Å²) < 4.78 is 45.4. The van der Waals surface area contributed by atoms with E-state index in [4.69, 9.17) is 36.8 Å². The number of benzene rings is 2. The molecule has 5 aliphatic rings. The zero-order valence-corrected chi connectivity index (χ0v) is 28.2. The highest BCUT2D eigenvalue weighted by molar-refractivity contribution is 7.23. The minimum absolute atomic E-state index is 0.0180. The van der Waals surface area contributed by atoms with Gasteiger partial charge in [0.1, 0.15) is 34.8 Å². The fourth-order valence-electron chi connectivity index (χ4n) is 8.75. The Balaban J connectivity index is 1.25. The van der Waals surface area contributed by atoms with Crippen molar-refractivity contribution in [3.8, 4) is 29.0 Å². The molecule has 2 aromatic heterocycles. The van der Waals surface area contributed by atoms with Gasteiger partial charge in [0.25, 0.3) is 0 Å². The van der Waals surface area contributed by atoms with Crippen LogP contribution in [0.2, 0.25) is 5.02 Å². The second-order valence-electron chi connectivity index (χ2n) is 14.3. The van der Waals surface area contributed by atoms with Gasteiger partial charge in [0.2, 0.25) is 0 Å². The third-order valence-corrected chi connectivity index (χ3v) is 12.4. The maximum absolute atomic E-state index is 17.3. The molecule has 0 radical (unpaired) electrons. The van der Waals surface area contributed by atoms with Crippen molar-refractivity contribution in [3.05, 3.63) is 46.0 Å². The molecule has 4 aliphatic heterocycles. The smallest absolute Gasteiger partial charge is 0.319 e. The van der Waals surface area contributed by atoms with E-state index in [1.165, 1.54) is 30.5 Å². The molecular weight excluding hydrogens is 654 g/mol. The van der Waals surface area contributed by atoms with Gasteiger partial charge in [-0.3, -0.25) is 4.90 Å². The van der Waals surface area contributed by atoms with E-state index in [0.29, 0.717) is 42.8 Å². The number of aromatic nitrogens is 2. The van der Waals surface area contributed by atoms with E-state index in [2.05, 4.69) is 28.9 Å². The second kappa shape index (κ2) is 11.2. The van der Waals surface area contributed by atoms with Crippen LogP contribution in [0.1, 0.15) is 57.4 Å². The number of anilines is 2. The molecule has 8 nitrogen and oxygen atoms in total. The van der Waals surface area contributed by atoms with E-state index in [0.717, 1.165) is 56.5 Å². The van der Waals surface area contributed by atoms with Crippen LogP contribution in [-0.4, -0.2) is 59.3 Å². The monoisotopic (exact) mass is 688 g/mol. The van der Waals surface area contributed by atoms with Gasteiger partial charge in [0.05, 0.1) is 32.8 Å². The summed E-state index contributed by atoms with van der Waals surface area (Å²) in [7, 11) is 0. The van der Waals surface area contributed by atoms with Gasteiger partial charge in [-0.2, -0.15) is 15.2 Å². The molecule has 0 spiro atoms. The van der Waals surface area contributed by atoms with Crippen LogP contribution in [0.3, 0.4) is 0 Å². The third kappa shape index (κ3) is 4.66. The molecule has 4 fully saturated rings. The van der Waals surface area contributed by atoms with Crippen molar-refractivity contribution in [2.24, 2.45) is 11.8 Å². The number of allylic oxidation sites excluding steroid dienone is 1. The molecule has 12 heteroatoms. The van der Waals surface area contributed by atoms with Crippen LogP contribution in [0.25, 0.3) is 32.1 Å². The average molecular weight is 689 g/mol. The van der Waals surface area contributed by atoms with Crippen LogP contribution in [0.15, 0.2) is 23.8 Å². The summed E-state index contributed by atoms with van der Waals surface area (Å²) in [5, 5.41) is 10.8. The van der Waals surface area contributed by atoms with E-state index in [9.17, 15) is 5.26 Å². The number of hydrogen-bond acceptors (Lipinski definition) is 9. The SMILES string of the molecule is C[C@H]1CN2CCCC2(COc2nc3c4c(c(Cl)c(-c5ccc(F)c6sc(N)c(C#N)c56)c(F)c4n2)OCCC2C/C(=C/C4CC4)CN32)C1. The van der Waals surface area contributed by atoms with Crippen LogP contribution in [-0.2, 0) is 0 Å². The standard InChI is InChI=1S/C36H35ClF2N6O2S/c1-18-13-36(8-2-9-44(36)15-18)17-47-35-42-30-27-31(46-10-7-21-12-20(11-19-3-4-19)16-45(21)34(27)43-35)28(37)26(29(30)39)22-5-6-24(38)32-25(22)23(14-40)33(41)48-32/h5-6,11,18-19,21H,2-4,7-10,12-13,15-17,41H2,1H3/b20-11-/t18-,21?,36?/m1/s1. The Kier molecular flexibility index (Phi) is 7.05. The number of halogens is 3. The van der Waals surface area contributed by atoms with Crippen molar-refractivity contribution in [1.82, 2.24) is 14.9 Å². The lowest BCUT2D eigenvalue weighted by molar-refractivity contribution is 0.107. The molecule has 2 N–H and O–H groups in total. The molecule has 3 atom stereocenters. The predicted octanol–water partition coefficient (Wildman–Crippen LogP) is 7.85. The van der Waals surface area contributed by atoms with Crippen LogP contribution in [0, 0.1) is 34.8 Å². The van der Waals surface area contributed by atoms with E-state index in [1.54, 1.807) is 0 Å². The van der Waals surface area contributed by atoms with Gasteiger partial charge in [-0.05, 0) is 68.5 Å². The Hall–Kier alpha value is -3.72. The summed E-state index contributed by atoms with van der Waals surface area (Å²) >= 11 is 8.07. The molecule has 6 heterocycles. The fraction of sp³-hybridized carbons (Fsp3) is 0.472. The van der Waals surface area contributed by atoms with Crippen LogP contribution in [0.5, 0.6) is 11.8 Å². The molecular formula is C36H35ClF2N6O2S. The first-order valence-electron chi connectivity index (χ1n) is 16.8. The van der Waals surface area contributed by atoms with Gasteiger partial charge in [0.15, 0.2) is 11.6 Å². The summed E-state index contributed by atoms with van der Waals surface area (Å²) in [6, 6.07) is 5.00. The zero-order chi connectivity index (χ0) is 32.9. The number of thiophene rings is 1. The number of nitrogens with zero attached hydrogens (tertiary/aromatic N) is 5. The first-order chi connectivity index (χ1) is 23.2. The molecule has 48 heavy (non-hydrogen) atoms. The number of nitriles is 1. The van der Waals surface area contributed by atoms with Crippen molar-refractivity contribution in [2.75, 3.05) is 43.5 Å². The lowest BCUT2D eigenvalue weighted by atomic mass is 9.92. The molecule has 4 aromatic rings. The number of nitrogens with two attached hydrogens (primary N) is 1. The third-order valence-electron chi connectivity index (χ3n) is 11.0. The minimum Gasteiger partial charge on any atom is -0.491 e. The van der Waals surface area contributed by atoms with Crippen LogP contribution < -0.4 is 20.1 Å². The highest BCUT2D eigenvalue weighted by atomic mass is 35.5. The molecule has 0 amide bonds. The lowest BCUT2D eigenvalue weighted by Crippen LogP contribution is -2.43. The van der Waals surface area contributed by atoms with Crippen molar-refractivity contribution in [1.29, 1.82) is 5.26 Å². The first-order valence-corrected chi connectivity index (χ1v) is 18.0. The maximum Gasteiger partial charge on any atom is 0.319 e. The summed E-state index contributed by atoms with van der Waals surface area (Å²) in [5.74, 6) is 0.758. The maximum atomic E-state index is 17.3. The van der Waals surface area contributed by atoms with Gasteiger partial charge in [-0.1, -0.05) is 36.2 Å². The van der Waals surface area contributed by atoms with Gasteiger partial charge >= 0.3 is 6.01 Å². The van der Waals surface area contributed by atoms with Crippen molar-refractivity contribution in [2.45, 2.75) is 63.5 Å². The lowest BCUT2D eigenvalue weighted by Gasteiger charge is -2.32. The van der Waals surface area contributed by atoms with Gasteiger partial charge < -0.3 is 20.1 Å². The number of fused-ring (bicyclic) bond motifs is 4. The number of hydrogen-bond donors (Lipinski definition) is 1. The number of nitrogen functional groups attached to an aromatic ring is 1. The molecule has 248 valence electrons. The zero-order valence-electron chi connectivity index (χ0n) is 26.6. The molecule has 0 bridgehead atoms. The second-order valence-corrected chi connectivity index (χ2v) is 15.7. The van der Waals surface area contributed by atoms with Crippen LogP contribution >= 0.6 is 22.9 Å². The highest BCUT2D eigenvalue weighted by Gasteiger charge is 2.48. The van der Waals surface area contributed by atoms with E-state index >= 15 is 8.78 Å². The van der Waals surface area contributed by atoms with Gasteiger partial charge in [-0.25, -0.2) is 8.78 Å². The molecule has 2 unspecified atom stereocenters. The summed E-state index contributed by atoms with van der Waals surface area (Å²) in [6.07, 6.45) is 9.65. The van der Waals surface area contributed by atoms with E-state index in [-0.39, 0.29) is 65.7 Å². The molecule has 1 saturated carbocycles. The van der Waals surface area contributed by atoms with Crippen LogP contribution in [0.4, 0.5) is 19.6 Å². The van der Waals surface area contributed by atoms with Gasteiger partial charge in [0, 0.05) is 36.5 Å².